The molecule has 2 aromatic rings. The van der Waals surface area contributed by atoms with Gasteiger partial charge < -0.3 is 15.4 Å². The van der Waals surface area contributed by atoms with Crippen molar-refractivity contribution >= 4 is 35.0 Å². The van der Waals surface area contributed by atoms with Gasteiger partial charge >= 0.3 is 0 Å². The van der Waals surface area contributed by atoms with Crippen molar-refractivity contribution in [2.45, 2.75) is 50.2 Å². The Balaban J connectivity index is 1.95. The summed E-state index contributed by atoms with van der Waals surface area (Å²) < 4.78 is 5.65. The van der Waals surface area contributed by atoms with Crippen LogP contribution in [0.15, 0.2) is 53.4 Å². The molecule has 0 aromatic heterocycles. The van der Waals surface area contributed by atoms with Crippen LogP contribution in [0, 0.1) is 0 Å². The summed E-state index contributed by atoms with van der Waals surface area (Å²) in [7, 11) is 0. The van der Waals surface area contributed by atoms with Gasteiger partial charge in [-0.2, -0.15) is 0 Å². The van der Waals surface area contributed by atoms with Crippen molar-refractivity contribution in [3.05, 3.63) is 48.5 Å². The summed E-state index contributed by atoms with van der Waals surface area (Å²) in [6.07, 6.45) is 2.81. The second-order valence-corrected chi connectivity index (χ2v) is 7.72. The first-order valence-electron chi connectivity index (χ1n) is 9.59. The normalized spacial score (nSPS) is 11.5. The first-order chi connectivity index (χ1) is 13.5. The topological polar surface area (TPSA) is 67.4 Å². The number of nitrogens with one attached hydrogen (secondary N) is 2. The van der Waals surface area contributed by atoms with E-state index in [4.69, 9.17) is 4.74 Å². The van der Waals surface area contributed by atoms with E-state index < -0.39 is 0 Å². The highest BCUT2D eigenvalue weighted by molar-refractivity contribution is 8.00. The monoisotopic (exact) mass is 400 g/mol. The number of hydrogen-bond donors (Lipinski definition) is 2. The third-order valence-electron chi connectivity index (χ3n) is 3.98. The number of unbranched alkanes of at least 4 members (excludes halogenated alkanes) is 1. The Morgan fingerprint density at radius 1 is 1.04 bits per heavy atom. The van der Waals surface area contributed by atoms with Gasteiger partial charge in [0, 0.05) is 23.2 Å². The second kappa shape index (κ2) is 11.4. The van der Waals surface area contributed by atoms with E-state index in [-0.39, 0.29) is 17.1 Å². The number of benzene rings is 2. The van der Waals surface area contributed by atoms with Crippen molar-refractivity contribution in [3.63, 3.8) is 0 Å². The van der Waals surface area contributed by atoms with E-state index in [0.717, 1.165) is 34.9 Å². The van der Waals surface area contributed by atoms with Crippen molar-refractivity contribution in [3.8, 4) is 5.75 Å². The lowest BCUT2D eigenvalue weighted by molar-refractivity contribution is -0.116. The zero-order chi connectivity index (χ0) is 20.4. The summed E-state index contributed by atoms with van der Waals surface area (Å²) in [5.41, 5.74) is 1.48. The summed E-state index contributed by atoms with van der Waals surface area (Å²) in [5.74, 6) is 0.647. The molecule has 0 saturated carbocycles. The third-order valence-corrected chi connectivity index (χ3v) is 5.34. The number of anilines is 2. The van der Waals surface area contributed by atoms with E-state index in [9.17, 15) is 9.59 Å². The van der Waals surface area contributed by atoms with Gasteiger partial charge in [-0.15, -0.1) is 11.8 Å². The first-order valence-corrected chi connectivity index (χ1v) is 10.5. The molecule has 0 aliphatic rings. The molecule has 2 N–H and O–H groups in total. The lowest BCUT2D eigenvalue weighted by atomic mass is 10.2. The number of ether oxygens (including phenoxy) is 1. The molecule has 0 bridgehead atoms. The predicted octanol–water partition coefficient (Wildman–Crippen LogP) is 5.33. The van der Waals surface area contributed by atoms with Gasteiger partial charge in [0.2, 0.25) is 11.8 Å². The van der Waals surface area contributed by atoms with Crippen LogP contribution in [0.1, 0.15) is 40.0 Å². The molecule has 0 radical (unpaired) electrons. The van der Waals surface area contributed by atoms with Crippen molar-refractivity contribution in [2.24, 2.45) is 0 Å². The zero-order valence-corrected chi connectivity index (χ0v) is 17.5. The van der Waals surface area contributed by atoms with Crippen LogP contribution in [-0.4, -0.2) is 23.7 Å². The SMILES string of the molecule is CCCCOc1ccc(NC(=O)C(CC)Sc2cccc(NC(C)=O)c2)cc1. The Morgan fingerprint density at radius 3 is 2.43 bits per heavy atom. The maximum absolute atomic E-state index is 12.7. The molecule has 0 saturated heterocycles. The fraction of sp³-hybridized carbons (Fsp3) is 0.364. The molecule has 5 nitrogen and oxygen atoms in total. The molecule has 2 amide bonds. The third kappa shape index (κ3) is 7.27. The Hall–Kier alpha value is -2.47. The van der Waals surface area contributed by atoms with Crippen LogP contribution in [0.4, 0.5) is 11.4 Å². The molecule has 28 heavy (non-hydrogen) atoms. The van der Waals surface area contributed by atoms with E-state index in [0.29, 0.717) is 13.0 Å². The molecule has 1 atom stereocenters. The Morgan fingerprint density at radius 2 is 1.79 bits per heavy atom. The van der Waals surface area contributed by atoms with Gasteiger partial charge in [0.15, 0.2) is 0 Å². The molecular formula is C22H28N2O3S. The van der Waals surface area contributed by atoms with Gasteiger partial charge in [0.1, 0.15) is 5.75 Å². The van der Waals surface area contributed by atoms with Crippen LogP contribution in [-0.2, 0) is 9.59 Å². The lowest BCUT2D eigenvalue weighted by Gasteiger charge is -2.15. The van der Waals surface area contributed by atoms with Crippen LogP contribution >= 0.6 is 11.8 Å². The van der Waals surface area contributed by atoms with Gasteiger partial charge in [-0.1, -0.05) is 26.3 Å². The Bertz CT molecular complexity index is 778. The highest BCUT2D eigenvalue weighted by Gasteiger charge is 2.18. The van der Waals surface area contributed by atoms with E-state index in [1.807, 2.05) is 55.5 Å². The molecule has 0 heterocycles. The van der Waals surface area contributed by atoms with E-state index in [1.165, 1.54) is 18.7 Å². The average Bonchev–Trinajstić information content (AvgIpc) is 2.67. The fourth-order valence-electron chi connectivity index (χ4n) is 2.53. The number of hydrogen-bond acceptors (Lipinski definition) is 4. The minimum Gasteiger partial charge on any atom is -0.494 e. The molecule has 2 rings (SSSR count). The molecule has 2 aromatic carbocycles. The number of carbonyl (C=O) groups is 2. The van der Waals surface area contributed by atoms with E-state index in [1.54, 1.807) is 0 Å². The predicted molar refractivity (Wildman–Crippen MR) is 116 cm³/mol. The second-order valence-electron chi connectivity index (χ2n) is 6.44. The van der Waals surface area contributed by atoms with Gasteiger partial charge in [-0.05, 0) is 55.3 Å². The van der Waals surface area contributed by atoms with Crippen molar-refractivity contribution in [1.29, 1.82) is 0 Å². The Labute approximate surface area is 171 Å². The average molecular weight is 401 g/mol. The maximum atomic E-state index is 12.7. The highest BCUT2D eigenvalue weighted by atomic mass is 32.2. The largest absolute Gasteiger partial charge is 0.494 e. The smallest absolute Gasteiger partial charge is 0.237 e. The number of thioether (sulfide) groups is 1. The fourth-order valence-corrected chi connectivity index (χ4v) is 3.54. The Kier molecular flexibility index (Phi) is 8.88. The van der Waals surface area contributed by atoms with Crippen LogP contribution in [0.3, 0.4) is 0 Å². The first kappa shape index (κ1) is 21.8. The lowest BCUT2D eigenvalue weighted by Crippen LogP contribution is -2.24. The van der Waals surface area contributed by atoms with Crippen LogP contribution < -0.4 is 15.4 Å². The van der Waals surface area contributed by atoms with Gasteiger partial charge in [0.25, 0.3) is 0 Å². The molecule has 150 valence electrons. The summed E-state index contributed by atoms with van der Waals surface area (Å²) in [6, 6.07) is 15.0. The summed E-state index contributed by atoms with van der Waals surface area (Å²) in [6.45, 7) is 6.29. The standard InChI is InChI=1S/C22H28N2O3S/c1-4-6-14-27-19-12-10-17(11-13-19)24-22(26)21(5-2)28-20-9-7-8-18(15-20)23-16(3)25/h7-13,15,21H,4-6,14H2,1-3H3,(H,23,25)(H,24,26). The summed E-state index contributed by atoms with van der Waals surface area (Å²) in [5, 5.41) is 5.51. The molecule has 0 aliphatic heterocycles. The summed E-state index contributed by atoms with van der Waals surface area (Å²) >= 11 is 1.49. The van der Waals surface area contributed by atoms with Crippen molar-refractivity contribution < 1.29 is 14.3 Å². The molecule has 6 heteroatoms. The quantitative estimate of drug-likeness (QED) is 0.418. The van der Waals surface area contributed by atoms with Gasteiger partial charge in [0.05, 0.1) is 11.9 Å². The van der Waals surface area contributed by atoms with Gasteiger partial charge in [-0.25, -0.2) is 0 Å². The number of carbonyl (C=O) groups excluding carboxylic acids is 2. The zero-order valence-electron chi connectivity index (χ0n) is 16.7. The van der Waals surface area contributed by atoms with Crippen LogP contribution in [0.5, 0.6) is 5.75 Å². The molecule has 0 fully saturated rings. The minimum absolute atomic E-state index is 0.0444. The van der Waals surface area contributed by atoms with Crippen LogP contribution in [0.25, 0.3) is 0 Å². The van der Waals surface area contributed by atoms with Crippen molar-refractivity contribution in [1.82, 2.24) is 0 Å². The molecular weight excluding hydrogens is 372 g/mol. The van der Waals surface area contributed by atoms with E-state index >= 15 is 0 Å². The summed E-state index contributed by atoms with van der Waals surface area (Å²) in [4.78, 5) is 24.8. The van der Waals surface area contributed by atoms with Crippen LogP contribution in [0.2, 0.25) is 0 Å². The molecule has 1 unspecified atom stereocenters. The van der Waals surface area contributed by atoms with Crippen molar-refractivity contribution in [2.75, 3.05) is 17.2 Å². The molecule has 0 aliphatic carbocycles. The highest BCUT2D eigenvalue weighted by Crippen LogP contribution is 2.28. The molecule has 0 spiro atoms. The minimum atomic E-state index is -0.229. The number of amides is 2. The number of rotatable bonds is 10. The maximum Gasteiger partial charge on any atom is 0.237 e. The van der Waals surface area contributed by atoms with Gasteiger partial charge in [-0.3, -0.25) is 9.59 Å². The van der Waals surface area contributed by atoms with E-state index in [2.05, 4.69) is 17.6 Å².